The Bertz CT molecular complexity index is 1280. The summed E-state index contributed by atoms with van der Waals surface area (Å²) in [6.45, 7) is 2.14. The maximum atomic E-state index is 12.8. The molecule has 0 bridgehead atoms. The second-order valence-corrected chi connectivity index (χ2v) is 10.9. The van der Waals surface area contributed by atoms with Crippen molar-refractivity contribution in [3.8, 4) is 16.3 Å². The van der Waals surface area contributed by atoms with Gasteiger partial charge in [-0.2, -0.15) is 0 Å². The maximum absolute atomic E-state index is 12.8. The average molecular weight is 503 g/mol. The first kappa shape index (κ1) is 21.7. The number of thiophene rings is 1. The van der Waals surface area contributed by atoms with Gasteiger partial charge >= 0.3 is 0 Å². The molecule has 0 radical (unpaired) electrons. The zero-order valence-electron chi connectivity index (χ0n) is 17.3. The summed E-state index contributed by atoms with van der Waals surface area (Å²) in [5.41, 5.74) is 3.37. The fraction of sp³-hybridized carbons (Fsp3) is 0.250. The van der Waals surface area contributed by atoms with Crippen molar-refractivity contribution in [2.45, 2.75) is 26.2 Å². The van der Waals surface area contributed by atoms with Gasteiger partial charge in [-0.05, 0) is 61.1 Å². The van der Waals surface area contributed by atoms with E-state index in [9.17, 15) is 4.79 Å². The number of carbonyl (C=O) groups is 1. The molecule has 4 aromatic rings. The standard InChI is InChI=1S/C24H20Cl2N2O2S2/c1-13-6-8-15-20(10-13)32-24(22(15)23-27-17-4-2-3-5-19(17)31-23)28-21(29)12-30-18-9-7-14(25)11-16(18)26/h2-5,7,9,11,13H,6,8,10,12H2,1H3,(H,28,29). The number of amides is 1. The van der Waals surface area contributed by atoms with Crippen molar-refractivity contribution in [3.05, 3.63) is 63.0 Å². The van der Waals surface area contributed by atoms with Gasteiger partial charge in [-0.15, -0.1) is 22.7 Å². The zero-order chi connectivity index (χ0) is 22.2. The van der Waals surface area contributed by atoms with Crippen LogP contribution in [0.4, 0.5) is 5.00 Å². The predicted molar refractivity (Wildman–Crippen MR) is 135 cm³/mol. The number of hydrogen-bond acceptors (Lipinski definition) is 5. The normalized spacial score (nSPS) is 15.5. The molecule has 2 heterocycles. The Hall–Kier alpha value is -2.12. The number of anilines is 1. The van der Waals surface area contributed by atoms with Crippen LogP contribution in [-0.2, 0) is 17.6 Å². The van der Waals surface area contributed by atoms with E-state index in [1.807, 2.05) is 18.2 Å². The molecular formula is C24H20Cl2N2O2S2. The van der Waals surface area contributed by atoms with E-state index in [2.05, 4.69) is 18.3 Å². The van der Waals surface area contributed by atoms with Crippen LogP contribution in [0.25, 0.3) is 20.8 Å². The van der Waals surface area contributed by atoms with Gasteiger partial charge in [0, 0.05) is 15.5 Å². The molecule has 1 amide bonds. The lowest BCUT2D eigenvalue weighted by molar-refractivity contribution is -0.118. The van der Waals surface area contributed by atoms with Gasteiger partial charge in [0.1, 0.15) is 15.8 Å². The Morgan fingerprint density at radius 3 is 2.88 bits per heavy atom. The van der Waals surface area contributed by atoms with Crippen molar-refractivity contribution in [3.63, 3.8) is 0 Å². The van der Waals surface area contributed by atoms with Gasteiger partial charge in [-0.25, -0.2) is 4.98 Å². The molecule has 4 nitrogen and oxygen atoms in total. The number of nitrogens with zero attached hydrogens (tertiary/aromatic N) is 1. The summed E-state index contributed by atoms with van der Waals surface area (Å²) in [5.74, 6) is 0.838. The van der Waals surface area contributed by atoms with E-state index in [1.54, 1.807) is 40.9 Å². The molecular weight excluding hydrogens is 483 g/mol. The lowest BCUT2D eigenvalue weighted by Crippen LogP contribution is -2.20. The summed E-state index contributed by atoms with van der Waals surface area (Å²) in [6.07, 6.45) is 3.18. The lowest BCUT2D eigenvalue weighted by atomic mass is 9.88. The molecule has 0 aliphatic heterocycles. The molecule has 5 rings (SSSR count). The van der Waals surface area contributed by atoms with Crippen LogP contribution >= 0.6 is 45.9 Å². The van der Waals surface area contributed by atoms with Gasteiger partial charge in [0.25, 0.3) is 5.91 Å². The molecule has 1 N–H and O–H groups in total. The number of hydrogen-bond donors (Lipinski definition) is 1. The average Bonchev–Trinajstić information content (AvgIpc) is 3.33. The number of fused-ring (bicyclic) bond motifs is 2. The van der Waals surface area contributed by atoms with Crippen molar-refractivity contribution in [1.29, 1.82) is 0 Å². The summed E-state index contributed by atoms with van der Waals surface area (Å²) >= 11 is 15.4. The molecule has 2 aromatic carbocycles. The fourth-order valence-corrected chi connectivity index (χ4v) is 6.94. The van der Waals surface area contributed by atoms with E-state index in [0.29, 0.717) is 21.7 Å². The van der Waals surface area contributed by atoms with E-state index < -0.39 is 0 Å². The van der Waals surface area contributed by atoms with E-state index in [-0.39, 0.29) is 12.5 Å². The highest BCUT2D eigenvalue weighted by Gasteiger charge is 2.27. The van der Waals surface area contributed by atoms with Crippen LogP contribution < -0.4 is 10.1 Å². The molecule has 0 spiro atoms. The molecule has 8 heteroatoms. The maximum Gasteiger partial charge on any atom is 0.262 e. The van der Waals surface area contributed by atoms with Crippen LogP contribution in [0.1, 0.15) is 23.8 Å². The molecule has 164 valence electrons. The molecule has 1 atom stereocenters. The summed E-state index contributed by atoms with van der Waals surface area (Å²) in [6, 6.07) is 13.1. The fourth-order valence-electron chi connectivity index (χ4n) is 3.94. The predicted octanol–water partition coefficient (Wildman–Crippen LogP) is 7.47. The molecule has 0 saturated carbocycles. The minimum atomic E-state index is -0.231. The molecule has 1 aliphatic rings. The van der Waals surface area contributed by atoms with Crippen molar-refractivity contribution < 1.29 is 9.53 Å². The summed E-state index contributed by atoms with van der Waals surface area (Å²) in [5, 5.41) is 5.77. The first-order valence-corrected chi connectivity index (χ1v) is 12.7. The van der Waals surface area contributed by atoms with Crippen molar-refractivity contribution in [2.75, 3.05) is 11.9 Å². The zero-order valence-corrected chi connectivity index (χ0v) is 20.4. The third kappa shape index (κ3) is 4.37. The first-order valence-electron chi connectivity index (χ1n) is 10.4. The van der Waals surface area contributed by atoms with Crippen LogP contribution in [0.2, 0.25) is 10.0 Å². The molecule has 1 unspecified atom stereocenters. The van der Waals surface area contributed by atoms with Gasteiger partial charge in [-0.3, -0.25) is 4.79 Å². The van der Waals surface area contributed by atoms with E-state index in [0.717, 1.165) is 45.1 Å². The second-order valence-electron chi connectivity index (χ2n) is 7.95. The second kappa shape index (κ2) is 9.02. The number of carbonyl (C=O) groups excluding carboxylic acids is 1. The number of halogens is 2. The quantitative estimate of drug-likeness (QED) is 0.307. The highest BCUT2D eigenvalue weighted by Crippen LogP contribution is 2.47. The topological polar surface area (TPSA) is 51.2 Å². The van der Waals surface area contributed by atoms with E-state index in [4.69, 9.17) is 32.9 Å². The van der Waals surface area contributed by atoms with Gasteiger partial charge in [0.2, 0.25) is 0 Å². The smallest absolute Gasteiger partial charge is 0.262 e. The Kier molecular flexibility index (Phi) is 6.12. The molecule has 0 fully saturated rings. The van der Waals surface area contributed by atoms with Crippen LogP contribution in [-0.4, -0.2) is 17.5 Å². The lowest BCUT2D eigenvalue weighted by Gasteiger charge is -2.18. The number of thiazole rings is 1. The van der Waals surface area contributed by atoms with E-state index >= 15 is 0 Å². The number of ether oxygens (including phenoxy) is 1. The first-order chi connectivity index (χ1) is 15.5. The Morgan fingerprint density at radius 2 is 2.06 bits per heavy atom. The van der Waals surface area contributed by atoms with Gasteiger partial charge in [0.05, 0.1) is 15.2 Å². The van der Waals surface area contributed by atoms with Crippen LogP contribution in [0, 0.1) is 5.92 Å². The number of nitrogens with one attached hydrogen (secondary N) is 1. The van der Waals surface area contributed by atoms with Crippen molar-refractivity contribution >= 4 is 67.0 Å². The Morgan fingerprint density at radius 1 is 1.22 bits per heavy atom. The summed E-state index contributed by atoms with van der Waals surface area (Å²) in [7, 11) is 0. The number of rotatable bonds is 5. The van der Waals surface area contributed by atoms with Gasteiger partial charge in [0.15, 0.2) is 6.61 Å². The van der Waals surface area contributed by atoms with Crippen LogP contribution in [0.5, 0.6) is 5.75 Å². The molecule has 0 saturated heterocycles. The molecule has 32 heavy (non-hydrogen) atoms. The highest BCUT2D eigenvalue weighted by atomic mass is 35.5. The number of para-hydroxylation sites is 1. The van der Waals surface area contributed by atoms with Crippen LogP contribution in [0.3, 0.4) is 0 Å². The molecule has 2 aromatic heterocycles. The van der Waals surface area contributed by atoms with E-state index in [1.165, 1.54) is 10.4 Å². The monoisotopic (exact) mass is 502 g/mol. The third-order valence-corrected chi connectivity index (χ3v) is 8.28. The minimum absolute atomic E-state index is 0.139. The minimum Gasteiger partial charge on any atom is -0.482 e. The SMILES string of the molecule is CC1CCc2c(sc(NC(=O)COc3ccc(Cl)cc3Cl)c2-c2nc3ccccc3s2)C1. The van der Waals surface area contributed by atoms with Crippen LogP contribution in [0.15, 0.2) is 42.5 Å². The van der Waals surface area contributed by atoms with Crippen molar-refractivity contribution in [2.24, 2.45) is 5.92 Å². The van der Waals surface area contributed by atoms with Crippen molar-refractivity contribution in [1.82, 2.24) is 4.98 Å². The third-order valence-electron chi connectivity index (χ3n) is 5.53. The molecule has 1 aliphatic carbocycles. The van der Waals surface area contributed by atoms with Gasteiger partial charge in [-0.1, -0.05) is 42.3 Å². The highest BCUT2D eigenvalue weighted by molar-refractivity contribution is 7.22. The Labute approximate surface area is 204 Å². The van der Waals surface area contributed by atoms with Gasteiger partial charge < -0.3 is 10.1 Å². The Balaban J connectivity index is 1.43. The summed E-state index contributed by atoms with van der Waals surface area (Å²) in [4.78, 5) is 19.0. The largest absolute Gasteiger partial charge is 0.482 e. The number of benzene rings is 2. The number of aromatic nitrogens is 1. The summed E-state index contributed by atoms with van der Waals surface area (Å²) < 4.78 is 6.77.